The zero-order valence-electron chi connectivity index (χ0n) is 25.9. The third kappa shape index (κ3) is 3.40. The lowest BCUT2D eigenvalue weighted by Crippen LogP contribution is -1.99. The normalized spacial score (nSPS) is 12.2. The van der Waals surface area contributed by atoms with Crippen molar-refractivity contribution < 1.29 is 0 Å². The molecule has 1 aliphatic carbocycles. The van der Waals surface area contributed by atoms with Gasteiger partial charge in [-0.3, -0.25) is 4.57 Å². The lowest BCUT2D eigenvalue weighted by molar-refractivity contribution is 1.08. The smallest absolute Gasteiger partial charge is 0.138 e. The summed E-state index contributed by atoms with van der Waals surface area (Å²) in [6.07, 6.45) is 0. The van der Waals surface area contributed by atoms with Crippen LogP contribution in [-0.4, -0.2) is 14.1 Å². The minimum absolute atomic E-state index is 0.922. The van der Waals surface area contributed by atoms with Gasteiger partial charge in [-0.2, -0.15) is 0 Å². The van der Waals surface area contributed by atoms with Crippen molar-refractivity contribution in [1.29, 1.82) is 0 Å². The first-order chi connectivity index (χ1) is 23.8. The zero-order valence-corrected chi connectivity index (χ0v) is 25.9. The van der Waals surface area contributed by atoms with Gasteiger partial charge in [0.15, 0.2) is 0 Å². The van der Waals surface area contributed by atoms with Crippen LogP contribution in [0.3, 0.4) is 0 Å². The summed E-state index contributed by atoms with van der Waals surface area (Å²) in [5, 5.41) is 7.65. The van der Waals surface area contributed by atoms with Gasteiger partial charge in [-0.15, -0.1) is 0 Å². The highest BCUT2D eigenvalue weighted by molar-refractivity contribution is 6.31. The number of fused-ring (bicyclic) bond motifs is 6. The molecule has 0 bridgehead atoms. The van der Waals surface area contributed by atoms with Crippen LogP contribution in [-0.2, 0) is 0 Å². The molecular formula is C45H27N3. The summed E-state index contributed by atoms with van der Waals surface area (Å²) < 4.78 is 4.78. The summed E-state index contributed by atoms with van der Waals surface area (Å²) in [5.74, 6) is 0.922. The molecule has 0 amide bonds. The van der Waals surface area contributed by atoms with Crippen LogP contribution >= 0.6 is 0 Å². The second kappa shape index (κ2) is 9.54. The van der Waals surface area contributed by atoms with Gasteiger partial charge in [-0.05, 0) is 87.6 Å². The van der Waals surface area contributed by atoms with Crippen molar-refractivity contribution >= 4 is 54.4 Å². The van der Waals surface area contributed by atoms with Gasteiger partial charge in [-0.25, -0.2) is 4.98 Å². The van der Waals surface area contributed by atoms with Gasteiger partial charge in [0.25, 0.3) is 0 Å². The molecule has 1 aliphatic rings. The van der Waals surface area contributed by atoms with Gasteiger partial charge in [0.2, 0.25) is 0 Å². The number of para-hydroxylation sites is 2. The van der Waals surface area contributed by atoms with Crippen molar-refractivity contribution in [1.82, 2.24) is 14.1 Å². The summed E-state index contributed by atoms with van der Waals surface area (Å²) in [5.41, 5.74) is 13.1. The van der Waals surface area contributed by atoms with E-state index in [1.165, 1.54) is 82.3 Å². The molecule has 0 saturated heterocycles. The summed E-state index contributed by atoms with van der Waals surface area (Å²) in [6, 6.07) is 59.3. The zero-order chi connectivity index (χ0) is 31.3. The fraction of sp³-hybridized carbons (Fsp3) is 0. The fourth-order valence-electron chi connectivity index (χ4n) is 8.26. The third-order valence-corrected chi connectivity index (χ3v) is 10.2. The number of hydrogen-bond acceptors (Lipinski definition) is 1. The van der Waals surface area contributed by atoms with Crippen LogP contribution in [0, 0.1) is 0 Å². The van der Waals surface area contributed by atoms with Gasteiger partial charge >= 0.3 is 0 Å². The summed E-state index contributed by atoms with van der Waals surface area (Å²) >= 11 is 0. The molecule has 7 aromatic carbocycles. The first kappa shape index (κ1) is 25.7. The number of aromatic nitrogens is 3. The third-order valence-electron chi connectivity index (χ3n) is 10.2. The van der Waals surface area contributed by atoms with E-state index in [4.69, 9.17) is 4.98 Å². The average molecular weight is 610 g/mol. The van der Waals surface area contributed by atoms with E-state index in [2.05, 4.69) is 167 Å². The molecule has 0 unspecified atom stereocenters. The van der Waals surface area contributed by atoms with Crippen LogP contribution in [0.2, 0.25) is 0 Å². The van der Waals surface area contributed by atoms with Gasteiger partial charge in [0, 0.05) is 32.8 Å². The predicted molar refractivity (Wildman–Crippen MR) is 200 cm³/mol. The number of benzene rings is 7. The van der Waals surface area contributed by atoms with Crippen LogP contribution in [0.4, 0.5) is 0 Å². The van der Waals surface area contributed by atoms with E-state index in [9.17, 15) is 0 Å². The molecule has 3 aromatic heterocycles. The van der Waals surface area contributed by atoms with E-state index in [0.29, 0.717) is 0 Å². The number of rotatable bonds is 3. The fourth-order valence-corrected chi connectivity index (χ4v) is 8.26. The second-order valence-electron chi connectivity index (χ2n) is 12.7. The van der Waals surface area contributed by atoms with Crippen molar-refractivity contribution in [2.45, 2.75) is 0 Å². The highest BCUT2D eigenvalue weighted by Gasteiger charge is 2.26. The molecule has 0 atom stereocenters. The van der Waals surface area contributed by atoms with Gasteiger partial charge < -0.3 is 4.57 Å². The first-order valence-electron chi connectivity index (χ1n) is 16.5. The Labute approximate surface area is 276 Å². The molecule has 222 valence electrons. The molecule has 3 heterocycles. The number of nitrogens with zero attached hydrogens (tertiary/aromatic N) is 3. The molecule has 0 aliphatic heterocycles. The molecule has 11 rings (SSSR count). The molecule has 48 heavy (non-hydrogen) atoms. The topological polar surface area (TPSA) is 22.8 Å². The Morgan fingerprint density at radius 3 is 1.94 bits per heavy atom. The monoisotopic (exact) mass is 609 g/mol. The average Bonchev–Trinajstić information content (AvgIpc) is 3.63. The van der Waals surface area contributed by atoms with Gasteiger partial charge in [0.1, 0.15) is 5.82 Å². The molecule has 0 spiro atoms. The lowest BCUT2D eigenvalue weighted by atomic mass is 9.91. The standard InChI is InChI=1S/C45H27N3/c1-3-12-28(13-4-1)37-20-11-23-42(46-37)48-39-22-10-19-33-35-27-41-36(31-17-7-8-21-38(31)47(41)30-15-5-2-6-16-30)26-34(35)32-18-9-14-29-24-25-40(48)45(43(29)32)44(33)39/h1-27H. The largest absolute Gasteiger partial charge is 0.309 e. The van der Waals surface area contributed by atoms with E-state index < -0.39 is 0 Å². The predicted octanol–water partition coefficient (Wildman–Crippen LogP) is 11.7. The van der Waals surface area contributed by atoms with Crippen LogP contribution in [0.25, 0.3) is 99.4 Å². The van der Waals surface area contributed by atoms with E-state index in [0.717, 1.165) is 17.1 Å². The Morgan fingerprint density at radius 1 is 0.375 bits per heavy atom. The summed E-state index contributed by atoms with van der Waals surface area (Å²) in [4.78, 5) is 5.25. The molecule has 0 fully saturated rings. The Kier molecular flexibility index (Phi) is 5.11. The quantitative estimate of drug-likeness (QED) is 0.195. The maximum Gasteiger partial charge on any atom is 0.138 e. The van der Waals surface area contributed by atoms with Crippen molar-refractivity contribution in [3.05, 3.63) is 164 Å². The maximum absolute atomic E-state index is 5.25. The van der Waals surface area contributed by atoms with E-state index >= 15 is 0 Å². The number of pyridine rings is 1. The molecular weight excluding hydrogens is 583 g/mol. The van der Waals surface area contributed by atoms with Crippen LogP contribution in [0.5, 0.6) is 0 Å². The minimum Gasteiger partial charge on any atom is -0.309 e. The first-order valence-corrected chi connectivity index (χ1v) is 16.5. The number of hydrogen-bond donors (Lipinski definition) is 0. The van der Waals surface area contributed by atoms with Crippen molar-refractivity contribution in [2.75, 3.05) is 0 Å². The second-order valence-corrected chi connectivity index (χ2v) is 12.7. The van der Waals surface area contributed by atoms with Crippen molar-refractivity contribution in [3.8, 4) is 45.0 Å². The molecule has 0 saturated carbocycles. The van der Waals surface area contributed by atoms with Gasteiger partial charge in [0.05, 0.1) is 27.8 Å². The molecule has 0 radical (unpaired) electrons. The van der Waals surface area contributed by atoms with Crippen LogP contribution in [0.15, 0.2) is 164 Å². The highest BCUT2D eigenvalue weighted by Crippen LogP contribution is 2.51. The molecule has 3 nitrogen and oxygen atoms in total. The Balaban J connectivity index is 1.29. The Bertz CT molecular complexity index is 2930. The van der Waals surface area contributed by atoms with Crippen molar-refractivity contribution in [2.24, 2.45) is 0 Å². The minimum atomic E-state index is 0.922. The molecule has 3 heteroatoms. The Hall–Kier alpha value is -6.45. The Morgan fingerprint density at radius 2 is 1.06 bits per heavy atom. The molecule has 10 aromatic rings. The summed E-state index contributed by atoms with van der Waals surface area (Å²) in [6.45, 7) is 0. The van der Waals surface area contributed by atoms with E-state index in [-0.39, 0.29) is 0 Å². The highest BCUT2D eigenvalue weighted by atomic mass is 15.1. The van der Waals surface area contributed by atoms with E-state index in [1.54, 1.807) is 0 Å². The van der Waals surface area contributed by atoms with Crippen LogP contribution < -0.4 is 0 Å². The SMILES string of the molecule is c1ccc(-c2cccc(-n3c4cccc5c4c4c6c(cccc6ccc43)-c3cc4c6ccccc6n(-c6ccccc6)c4cc3-5)n2)cc1. The van der Waals surface area contributed by atoms with Crippen molar-refractivity contribution in [3.63, 3.8) is 0 Å². The lowest BCUT2D eigenvalue weighted by Gasteiger charge is -2.15. The van der Waals surface area contributed by atoms with E-state index in [1.807, 2.05) is 6.07 Å². The maximum atomic E-state index is 5.25. The van der Waals surface area contributed by atoms with Crippen LogP contribution in [0.1, 0.15) is 0 Å². The molecule has 0 N–H and O–H groups in total. The van der Waals surface area contributed by atoms with Gasteiger partial charge in [-0.1, -0.05) is 109 Å². The summed E-state index contributed by atoms with van der Waals surface area (Å²) in [7, 11) is 0.